The van der Waals surface area contributed by atoms with E-state index in [1.807, 2.05) is 10.3 Å². The molecule has 0 unspecified atom stereocenters. The van der Waals surface area contributed by atoms with Gasteiger partial charge in [-0.3, -0.25) is 19.3 Å². The first-order valence-corrected chi connectivity index (χ1v) is 15.9. The van der Waals surface area contributed by atoms with Crippen molar-refractivity contribution in [3.63, 3.8) is 0 Å². The summed E-state index contributed by atoms with van der Waals surface area (Å²) in [6.45, 7) is 8.36. The Hall–Kier alpha value is -4.70. The van der Waals surface area contributed by atoms with Gasteiger partial charge in [-0.25, -0.2) is 14.8 Å². The van der Waals surface area contributed by atoms with Crippen LogP contribution in [-0.4, -0.2) is 105 Å². The Morgan fingerprint density at radius 2 is 2.02 bits per heavy atom. The lowest BCUT2D eigenvalue weighted by atomic mass is 9.93. The molecule has 1 aliphatic heterocycles. The maximum Gasteiger partial charge on any atom is 0.407 e. The molecule has 1 fully saturated rings. The summed E-state index contributed by atoms with van der Waals surface area (Å²) < 4.78 is 7.85. The van der Waals surface area contributed by atoms with Crippen molar-refractivity contribution in [3.05, 3.63) is 56.7 Å². The van der Waals surface area contributed by atoms with Gasteiger partial charge in [-0.15, -0.1) is 21.5 Å². The van der Waals surface area contributed by atoms with E-state index in [2.05, 4.69) is 78.2 Å². The normalized spacial score (nSPS) is 15.8. The number of hydrogen-bond acceptors (Lipinski definition) is 11. The fourth-order valence-corrected chi connectivity index (χ4v) is 5.76. The molecule has 1 aliphatic rings. The maximum absolute atomic E-state index is 13.9. The van der Waals surface area contributed by atoms with E-state index in [-0.39, 0.29) is 16.9 Å². The van der Waals surface area contributed by atoms with Gasteiger partial charge >= 0.3 is 6.09 Å². The van der Waals surface area contributed by atoms with Gasteiger partial charge in [0.2, 0.25) is 0 Å². The van der Waals surface area contributed by atoms with Gasteiger partial charge in [0, 0.05) is 29.1 Å². The molecule has 2 amide bonds. The van der Waals surface area contributed by atoms with E-state index in [1.165, 1.54) is 21.9 Å². The first-order chi connectivity index (χ1) is 21.8. The largest absolute Gasteiger partial charge is 0.444 e. The topological polar surface area (TPSA) is 172 Å². The molecule has 0 aromatic carbocycles. The molecular weight excluding hydrogens is 610 g/mol. The van der Waals surface area contributed by atoms with E-state index >= 15 is 0 Å². The number of fused-ring (bicyclic) bond motifs is 1. The minimum Gasteiger partial charge on any atom is -0.444 e. The average Bonchev–Trinajstić information content (AvgIpc) is 3.68. The monoisotopic (exact) mass is 650 g/mol. The number of tetrazole rings is 1. The van der Waals surface area contributed by atoms with Crippen LogP contribution in [0.3, 0.4) is 0 Å². The number of carbonyl (C=O) groups excluding carboxylic acids is 2. The number of nitrogens with zero attached hydrogens (tertiary/aromatic N) is 8. The van der Waals surface area contributed by atoms with Crippen LogP contribution in [-0.2, 0) is 10.2 Å². The predicted molar refractivity (Wildman–Crippen MR) is 176 cm³/mol. The Labute approximate surface area is 270 Å². The van der Waals surface area contributed by atoms with Gasteiger partial charge in [-0.1, -0.05) is 20.8 Å². The van der Waals surface area contributed by atoms with Crippen molar-refractivity contribution in [1.82, 2.24) is 40.3 Å². The zero-order chi connectivity index (χ0) is 33.1. The number of alkyl carbamates (subject to hydrolysis) is 1. The quantitative estimate of drug-likeness (QED) is 0.229. The van der Waals surface area contributed by atoms with Gasteiger partial charge in [0.1, 0.15) is 17.6 Å². The summed E-state index contributed by atoms with van der Waals surface area (Å²) >= 11 is 1.36. The lowest BCUT2D eigenvalue weighted by molar-refractivity contribution is -0.869. The molecule has 4 aromatic rings. The minimum absolute atomic E-state index is 0.145. The van der Waals surface area contributed by atoms with E-state index < -0.39 is 12.2 Å². The number of anilines is 2. The number of nitrogens with one attached hydrogen (secondary N) is 3. The third-order valence-electron chi connectivity index (χ3n) is 7.36. The molecule has 1 atom stereocenters. The number of piperidine rings is 1. The number of thiazole rings is 1. The van der Waals surface area contributed by atoms with Crippen LogP contribution in [0.25, 0.3) is 17.8 Å². The second-order valence-corrected chi connectivity index (χ2v) is 14.1. The van der Waals surface area contributed by atoms with Gasteiger partial charge in [0.05, 0.1) is 52.0 Å². The van der Waals surface area contributed by atoms with Gasteiger partial charge < -0.3 is 19.4 Å². The molecule has 15 nitrogen and oxygen atoms in total. The summed E-state index contributed by atoms with van der Waals surface area (Å²) in [6.07, 6.45) is 5.21. The molecule has 46 heavy (non-hydrogen) atoms. The van der Waals surface area contributed by atoms with Crippen molar-refractivity contribution in [2.45, 2.75) is 45.1 Å². The first-order valence-electron chi connectivity index (χ1n) is 15.0. The lowest BCUT2D eigenvalue weighted by Crippen LogP contribution is -2.45. The van der Waals surface area contributed by atoms with Crippen LogP contribution in [0.5, 0.6) is 0 Å². The van der Waals surface area contributed by atoms with E-state index in [4.69, 9.17) is 9.72 Å². The van der Waals surface area contributed by atoms with Crippen molar-refractivity contribution in [3.8, 4) is 0 Å². The van der Waals surface area contributed by atoms with E-state index in [9.17, 15) is 14.4 Å². The summed E-state index contributed by atoms with van der Waals surface area (Å²) in [4.78, 5) is 50.9. The second kappa shape index (κ2) is 13.3. The number of aromatic nitrogens is 7. The lowest BCUT2D eigenvalue weighted by Gasteiger charge is -2.34. The van der Waals surface area contributed by atoms with Crippen LogP contribution < -0.4 is 21.1 Å². The third kappa shape index (κ3) is 8.11. The molecular formula is C30H40N11O4S+. The Balaban J connectivity index is 1.42. The number of quaternary nitrogens is 1. The minimum atomic E-state index is -0.477. The number of aromatic amines is 1. The number of carbonyl (C=O) groups is 2. The summed E-state index contributed by atoms with van der Waals surface area (Å²) in [7, 11) is 6.15. The van der Waals surface area contributed by atoms with Crippen LogP contribution >= 0.6 is 11.3 Å². The second-order valence-electron chi connectivity index (χ2n) is 13.2. The Kier molecular flexibility index (Phi) is 9.48. The van der Waals surface area contributed by atoms with Gasteiger partial charge in [-0.05, 0) is 42.3 Å². The van der Waals surface area contributed by atoms with Crippen molar-refractivity contribution < 1.29 is 18.8 Å². The number of ether oxygens (including phenoxy) is 1. The van der Waals surface area contributed by atoms with Crippen LogP contribution in [0, 0.1) is 0 Å². The summed E-state index contributed by atoms with van der Waals surface area (Å²) in [6, 6.07) is 3.14. The van der Waals surface area contributed by atoms with Crippen molar-refractivity contribution in [2.75, 3.05) is 57.5 Å². The molecule has 0 radical (unpaired) electrons. The number of hydrogen-bond donors (Lipinski definition) is 3. The highest BCUT2D eigenvalue weighted by Gasteiger charge is 2.27. The maximum atomic E-state index is 13.9. The Bertz CT molecular complexity index is 1780. The molecule has 4 aromatic heterocycles. The predicted octanol–water partition coefficient (Wildman–Crippen LogP) is 2.79. The fraction of sp³-hybridized carbons (Fsp3) is 0.467. The number of H-pyrrole nitrogens is 1. The van der Waals surface area contributed by atoms with Crippen molar-refractivity contribution >= 4 is 52.1 Å². The molecule has 244 valence electrons. The van der Waals surface area contributed by atoms with E-state index in [0.29, 0.717) is 64.1 Å². The van der Waals surface area contributed by atoms with Crippen LogP contribution in [0.15, 0.2) is 28.5 Å². The van der Waals surface area contributed by atoms with E-state index in [0.717, 1.165) is 18.7 Å². The smallest absolute Gasteiger partial charge is 0.407 e. The highest BCUT2D eigenvalue weighted by Crippen LogP contribution is 2.27. The molecule has 0 aliphatic carbocycles. The molecule has 0 spiro atoms. The summed E-state index contributed by atoms with van der Waals surface area (Å²) in [5.74, 6) is 0.331. The zero-order valence-electron chi connectivity index (χ0n) is 26.9. The third-order valence-corrected chi connectivity index (χ3v) is 8.12. The van der Waals surface area contributed by atoms with E-state index in [1.54, 1.807) is 24.3 Å². The molecule has 5 rings (SSSR count). The number of pyridine rings is 1. The molecule has 0 bridgehead atoms. The van der Waals surface area contributed by atoms with Gasteiger partial charge in [0.15, 0.2) is 11.0 Å². The SMILES string of the molecule is CC(C)(C)c1csc(NC(=O)c2ccn3c(=O)c(C=Cc4nn[nH]n4)c(N4CCC[C@H](OC(=O)NCC[N+](C)(C)C)C4)nc3c2)n1. The summed E-state index contributed by atoms with van der Waals surface area (Å²) in [5.41, 5.74) is 1.31. The Morgan fingerprint density at radius 1 is 1.22 bits per heavy atom. The van der Waals surface area contributed by atoms with Crippen molar-refractivity contribution in [2.24, 2.45) is 0 Å². The molecule has 1 saturated heterocycles. The van der Waals surface area contributed by atoms with Gasteiger partial charge in [0.25, 0.3) is 11.5 Å². The standard InChI is InChI=1S/C30H39N11O4S/c1-30(2,3)22-18-46-28(32-22)34-26(42)19-11-14-40-24(16-19)33-25(21(27(40)43)9-10-23-35-37-38-36-23)39-13-7-8-20(17-39)45-29(44)31-12-15-41(4,5)6/h9-11,14,16,18,20H,7-8,12-13,15,17H2,1-6H3,(H2-,31,32,34,35,36,37,38,42,44)/p+1/t20-/m0/s1. The van der Waals surface area contributed by atoms with Gasteiger partial charge in [-0.2, -0.15) is 5.21 Å². The fourth-order valence-electron chi connectivity index (χ4n) is 4.82. The highest BCUT2D eigenvalue weighted by atomic mass is 32.1. The Morgan fingerprint density at radius 3 is 2.72 bits per heavy atom. The van der Waals surface area contributed by atoms with Crippen LogP contribution in [0.2, 0.25) is 0 Å². The summed E-state index contributed by atoms with van der Waals surface area (Å²) in [5, 5.41) is 21.9. The van der Waals surface area contributed by atoms with Crippen LogP contribution in [0.1, 0.15) is 61.1 Å². The van der Waals surface area contributed by atoms with Crippen molar-refractivity contribution in [1.29, 1.82) is 0 Å². The highest BCUT2D eigenvalue weighted by molar-refractivity contribution is 7.14. The number of likely N-dealkylation sites (N-methyl/N-ethyl adjacent to an activating group) is 1. The molecule has 5 heterocycles. The van der Waals surface area contributed by atoms with Crippen LogP contribution in [0.4, 0.5) is 15.7 Å². The molecule has 16 heteroatoms. The first kappa shape index (κ1) is 32.7. The number of amides is 2. The number of rotatable bonds is 9. The average molecular weight is 651 g/mol. The molecule has 0 saturated carbocycles. The zero-order valence-corrected chi connectivity index (χ0v) is 27.7. The molecule has 3 N–H and O–H groups in total.